The van der Waals surface area contributed by atoms with Crippen LogP contribution >= 0.6 is 0 Å². The van der Waals surface area contributed by atoms with Crippen molar-refractivity contribution in [3.63, 3.8) is 0 Å². The van der Waals surface area contributed by atoms with E-state index in [1.807, 2.05) is 0 Å². The van der Waals surface area contributed by atoms with Crippen LogP contribution in [-0.2, 0) is 0 Å². The lowest BCUT2D eigenvalue weighted by atomic mass is 9.62. The van der Waals surface area contributed by atoms with E-state index in [4.69, 9.17) is 0 Å². The van der Waals surface area contributed by atoms with E-state index < -0.39 is 0 Å². The molecule has 0 atom stereocenters. The van der Waals surface area contributed by atoms with Crippen LogP contribution in [0.5, 0.6) is 0 Å². The molecule has 0 saturated heterocycles. The number of rotatable bonds is 5. The summed E-state index contributed by atoms with van der Waals surface area (Å²) in [6.07, 6.45) is 8.48. The predicted octanol–water partition coefficient (Wildman–Crippen LogP) is 6.03. The van der Waals surface area contributed by atoms with E-state index >= 15 is 0 Å². The number of hydrogen-bond donors (Lipinski definition) is 1. The summed E-state index contributed by atoms with van der Waals surface area (Å²) in [5.74, 6) is 1.75. The summed E-state index contributed by atoms with van der Waals surface area (Å²) < 4.78 is 0. The quantitative estimate of drug-likeness (QED) is 0.652. The van der Waals surface area contributed by atoms with Gasteiger partial charge in [-0.05, 0) is 75.5 Å². The summed E-state index contributed by atoms with van der Waals surface area (Å²) >= 11 is 0. The molecule has 126 valence electrons. The fraction of sp³-hybridized carbons (Fsp3) is 1.00. The van der Waals surface area contributed by atoms with Crippen LogP contribution in [0.3, 0.4) is 0 Å². The Hall–Kier alpha value is -0.0400. The van der Waals surface area contributed by atoms with Crippen LogP contribution in [0.4, 0.5) is 0 Å². The second kappa shape index (κ2) is 7.02. The molecule has 0 aliphatic heterocycles. The molecule has 21 heavy (non-hydrogen) atoms. The minimum absolute atomic E-state index is 0.242. The van der Waals surface area contributed by atoms with Gasteiger partial charge in [0.05, 0.1) is 0 Å². The highest BCUT2D eigenvalue weighted by Gasteiger charge is 2.38. The summed E-state index contributed by atoms with van der Waals surface area (Å²) in [6, 6.07) is 0. The molecule has 1 saturated carbocycles. The molecule has 1 fully saturated rings. The van der Waals surface area contributed by atoms with Crippen molar-refractivity contribution in [3.8, 4) is 0 Å². The highest BCUT2D eigenvalue weighted by molar-refractivity contribution is 4.92. The normalized spacial score (nSPS) is 28.1. The molecule has 1 aliphatic rings. The monoisotopic (exact) mass is 295 g/mol. The Bertz CT molecular complexity index is 295. The fourth-order valence-corrected chi connectivity index (χ4v) is 3.66. The molecule has 1 heteroatoms. The Labute approximate surface area is 134 Å². The maximum atomic E-state index is 3.81. The SMILES string of the molecule is CC(C)CCC1(CNC(C)(C)C)CCC(C(C)(C)C)CC1. The van der Waals surface area contributed by atoms with Gasteiger partial charge < -0.3 is 5.32 Å². The van der Waals surface area contributed by atoms with Gasteiger partial charge in [0, 0.05) is 12.1 Å². The smallest absolute Gasteiger partial charge is 0.00967 e. The Morgan fingerprint density at radius 1 is 1.00 bits per heavy atom. The van der Waals surface area contributed by atoms with Crippen LogP contribution in [0.2, 0.25) is 0 Å². The van der Waals surface area contributed by atoms with E-state index in [9.17, 15) is 0 Å². The minimum Gasteiger partial charge on any atom is -0.312 e. The molecule has 0 bridgehead atoms. The maximum absolute atomic E-state index is 3.81. The Morgan fingerprint density at radius 2 is 1.52 bits per heavy atom. The first-order valence-electron chi connectivity index (χ1n) is 9.19. The van der Waals surface area contributed by atoms with Crippen LogP contribution in [0.1, 0.15) is 93.9 Å². The van der Waals surface area contributed by atoms with E-state index in [1.54, 1.807) is 0 Å². The van der Waals surface area contributed by atoms with Crippen LogP contribution in [0, 0.1) is 22.7 Å². The van der Waals surface area contributed by atoms with Gasteiger partial charge >= 0.3 is 0 Å². The van der Waals surface area contributed by atoms with Crippen molar-refractivity contribution in [1.29, 1.82) is 0 Å². The van der Waals surface area contributed by atoms with Gasteiger partial charge in [0.1, 0.15) is 0 Å². The third-order valence-electron chi connectivity index (χ3n) is 5.52. The molecule has 0 radical (unpaired) electrons. The fourth-order valence-electron chi connectivity index (χ4n) is 3.66. The largest absolute Gasteiger partial charge is 0.312 e. The third kappa shape index (κ3) is 6.72. The molecule has 0 aromatic rings. The molecule has 0 unspecified atom stereocenters. The second-order valence-corrected chi connectivity index (χ2v) is 10.2. The first-order chi connectivity index (χ1) is 9.44. The number of hydrogen-bond acceptors (Lipinski definition) is 1. The molecule has 0 aromatic carbocycles. The Morgan fingerprint density at radius 3 is 1.90 bits per heavy atom. The predicted molar refractivity (Wildman–Crippen MR) is 95.7 cm³/mol. The zero-order valence-electron chi connectivity index (χ0n) is 16.1. The zero-order valence-corrected chi connectivity index (χ0v) is 16.1. The topological polar surface area (TPSA) is 12.0 Å². The summed E-state index contributed by atoms with van der Waals surface area (Å²) in [7, 11) is 0. The highest BCUT2D eigenvalue weighted by atomic mass is 15.0. The van der Waals surface area contributed by atoms with Crippen LogP contribution in [-0.4, -0.2) is 12.1 Å². The third-order valence-corrected chi connectivity index (χ3v) is 5.52. The minimum atomic E-state index is 0.242. The molecule has 1 nitrogen and oxygen atoms in total. The molecule has 1 rings (SSSR count). The zero-order chi connectivity index (χ0) is 16.3. The van der Waals surface area contributed by atoms with Crippen molar-refractivity contribution in [2.45, 2.75) is 99.5 Å². The van der Waals surface area contributed by atoms with E-state index in [1.165, 1.54) is 45.1 Å². The average molecular weight is 296 g/mol. The van der Waals surface area contributed by atoms with Gasteiger partial charge in [-0.1, -0.05) is 41.0 Å². The van der Waals surface area contributed by atoms with E-state index in [2.05, 4.69) is 60.7 Å². The van der Waals surface area contributed by atoms with Gasteiger partial charge in [-0.3, -0.25) is 0 Å². The van der Waals surface area contributed by atoms with Gasteiger partial charge in [-0.15, -0.1) is 0 Å². The molecule has 1 N–H and O–H groups in total. The van der Waals surface area contributed by atoms with Gasteiger partial charge in [-0.25, -0.2) is 0 Å². The van der Waals surface area contributed by atoms with Crippen LogP contribution in [0.15, 0.2) is 0 Å². The first kappa shape index (κ1) is 19.0. The number of nitrogens with one attached hydrogen (secondary N) is 1. The van der Waals surface area contributed by atoms with Gasteiger partial charge in [0.25, 0.3) is 0 Å². The van der Waals surface area contributed by atoms with Gasteiger partial charge in [0.15, 0.2) is 0 Å². The van der Waals surface area contributed by atoms with E-state index in [-0.39, 0.29) is 5.54 Å². The maximum Gasteiger partial charge on any atom is 0.00967 e. The van der Waals surface area contributed by atoms with Crippen molar-refractivity contribution in [3.05, 3.63) is 0 Å². The summed E-state index contributed by atoms with van der Waals surface area (Å²) in [6.45, 7) is 20.1. The van der Waals surface area contributed by atoms with E-state index in [0.29, 0.717) is 10.8 Å². The average Bonchev–Trinajstić information content (AvgIpc) is 2.33. The summed E-state index contributed by atoms with van der Waals surface area (Å²) in [4.78, 5) is 0. The molecular formula is C20H41N. The highest BCUT2D eigenvalue weighted by Crippen LogP contribution is 2.47. The standard InChI is InChI=1S/C20H41N/c1-16(2)9-12-20(15-21-19(6,7)8)13-10-17(11-14-20)18(3,4)5/h16-17,21H,9-15H2,1-8H3. The van der Waals surface area contributed by atoms with Gasteiger partial charge in [-0.2, -0.15) is 0 Å². The lowest BCUT2D eigenvalue weighted by Crippen LogP contribution is -2.46. The van der Waals surface area contributed by atoms with Crippen molar-refractivity contribution < 1.29 is 0 Å². The van der Waals surface area contributed by atoms with Crippen molar-refractivity contribution in [2.75, 3.05) is 6.54 Å². The van der Waals surface area contributed by atoms with Crippen molar-refractivity contribution >= 4 is 0 Å². The lowest BCUT2D eigenvalue weighted by Gasteiger charge is -2.46. The lowest BCUT2D eigenvalue weighted by molar-refractivity contribution is 0.0703. The first-order valence-corrected chi connectivity index (χ1v) is 9.19. The molecule has 0 aromatic heterocycles. The van der Waals surface area contributed by atoms with Gasteiger partial charge in [0.2, 0.25) is 0 Å². The summed E-state index contributed by atoms with van der Waals surface area (Å²) in [5, 5.41) is 3.81. The molecule has 1 aliphatic carbocycles. The van der Waals surface area contributed by atoms with Crippen molar-refractivity contribution in [1.82, 2.24) is 5.32 Å². The Balaban J connectivity index is 2.67. The van der Waals surface area contributed by atoms with E-state index in [0.717, 1.165) is 11.8 Å². The second-order valence-electron chi connectivity index (χ2n) is 10.2. The molecule has 0 spiro atoms. The molecular weight excluding hydrogens is 254 g/mol. The van der Waals surface area contributed by atoms with Crippen molar-refractivity contribution in [2.24, 2.45) is 22.7 Å². The van der Waals surface area contributed by atoms with Crippen LogP contribution < -0.4 is 5.32 Å². The molecule has 0 amide bonds. The Kier molecular flexibility index (Phi) is 6.36. The molecule has 0 heterocycles. The van der Waals surface area contributed by atoms with Crippen LogP contribution in [0.25, 0.3) is 0 Å². The summed E-state index contributed by atoms with van der Waals surface area (Å²) in [5.41, 5.74) is 1.28.